The molecule has 0 aliphatic rings. The molecule has 0 spiro atoms. The van der Waals surface area contributed by atoms with E-state index in [0.717, 1.165) is 5.69 Å². The van der Waals surface area contributed by atoms with Crippen LogP contribution in [0.25, 0.3) is 16.7 Å². The van der Waals surface area contributed by atoms with Crippen molar-refractivity contribution in [2.45, 2.75) is 0 Å². The zero-order valence-electron chi connectivity index (χ0n) is 11.4. The zero-order valence-corrected chi connectivity index (χ0v) is 11.4. The third kappa shape index (κ3) is 1.89. The van der Waals surface area contributed by atoms with Crippen molar-refractivity contribution in [2.75, 3.05) is 0 Å². The van der Waals surface area contributed by atoms with Gasteiger partial charge in [-0.15, -0.1) is 0 Å². The fraction of sp³-hybridized carbons (Fsp3) is 0. The first-order valence-corrected chi connectivity index (χ1v) is 6.67. The van der Waals surface area contributed by atoms with Gasteiger partial charge in [0.2, 0.25) is 5.78 Å². The molecule has 4 rings (SSSR count). The summed E-state index contributed by atoms with van der Waals surface area (Å²) in [5.74, 6) is -0.0440. The summed E-state index contributed by atoms with van der Waals surface area (Å²) in [6, 6.07) is 12.9. The Kier molecular flexibility index (Phi) is 2.79. The van der Waals surface area contributed by atoms with E-state index < -0.39 is 0 Å². The van der Waals surface area contributed by atoms with Crippen LogP contribution >= 0.6 is 0 Å². The van der Waals surface area contributed by atoms with Gasteiger partial charge in [-0.1, -0.05) is 18.2 Å². The molecule has 0 aliphatic heterocycles. The average Bonchev–Trinajstić information content (AvgIpc) is 3.24. The van der Waals surface area contributed by atoms with E-state index in [9.17, 15) is 4.79 Å². The van der Waals surface area contributed by atoms with Crippen LogP contribution in [0.2, 0.25) is 0 Å². The smallest absolute Gasteiger partial charge is 0.247 e. The van der Waals surface area contributed by atoms with Crippen LogP contribution in [0.15, 0.2) is 65.7 Å². The van der Waals surface area contributed by atoms with Crippen molar-refractivity contribution < 1.29 is 9.21 Å². The van der Waals surface area contributed by atoms with Gasteiger partial charge in [-0.05, 0) is 24.3 Å². The molecule has 6 heteroatoms. The van der Waals surface area contributed by atoms with Gasteiger partial charge in [0.25, 0.3) is 0 Å². The molecule has 0 unspecified atom stereocenters. The van der Waals surface area contributed by atoms with Crippen LogP contribution < -0.4 is 0 Å². The SMILES string of the molecule is O=C(c1ccco1)c1ncnc2c1cnn2-c1ccccc1. The molecule has 0 N–H and O–H groups in total. The Bertz CT molecular complexity index is 943. The number of furan rings is 1. The summed E-state index contributed by atoms with van der Waals surface area (Å²) in [7, 11) is 0. The molecule has 4 aromatic rings. The van der Waals surface area contributed by atoms with Crippen molar-refractivity contribution in [2.24, 2.45) is 0 Å². The highest BCUT2D eigenvalue weighted by atomic mass is 16.3. The second-order valence-electron chi connectivity index (χ2n) is 4.66. The van der Waals surface area contributed by atoms with Crippen LogP contribution in [0.3, 0.4) is 0 Å². The van der Waals surface area contributed by atoms with E-state index in [0.29, 0.717) is 11.0 Å². The molecule has 0 amide bonds. The molecule has 106 valence electrons. The van der Waals surface area contributed by atoms with Gasteiger partial charge < -0.3 is 4.42 Å². The summed E-state index contributed by atoms with van der Waals surface area (Å²) in [6.07, 6.45) is 4.41. The van der Waals surface area contributed by atoms with Gasteiger partial charge in [0.05, 0.1) is 23.5 Å². The highest BCUT2D eigenvalue weighted by Gasteiger charge is 2.19. The lowest BCUT2D eigenvalue weighted by molar-refractivity contribution is 0.101. The highest BCUT2D eigenvalue weighted by molar-refractivity contribution is 6.12. The number of fused-ring (bicyclic) bond motifs is 1. The molecular weight excluding hydrogens is 280 g/mol. The Labute approximate surface area is 125 Å². The highest BCUT2D eigenvalue weighted by Crippen LogP contribution is 2.20. The molecule has 0 fully saturated rings. The normalized spacial score (nSPS) is 10.9. The maximum Gasteiger partial charge on any atom is 0.247 e. The van der Waals surface area contributed by atoms with Gasteiger partial charge in [-0.25, -0.2) is 14.6 Å². The largest absolute Gasteiger partial charge is 0.461 e. The van der Waals surface area contributed by atoms with Crippen molar-refractivity contribution >= 4 is 16.8 Å². The summed E-state index contributed by atoms with van der Waals surface area (Å²) in [4.78, 5) is 20.8. The van der Waals surface area contributed by atoms with Crippen LogP contribution in [0, 0.1) is 0 Å². The van der Waals surface area contributed by atoms with Gasteiger partial charge >= 0.3 is 0 Å². The molecular formula is C16H10N4O2. The molecule has 3 aromatic heterocycles. The minimum absolute atomic E-state index is 0.243. The first-order valence-electron chi connectivity index (χ1n) is 6.67. The van der Waals surface area contributed by atoms with Crippen molar-refractivity contribution in [1.29, 1.82) is 0 Å². The number of benzene rings is 1. The van der Waals surface area contributed by atoms with E-state index in [-0.39, 0.29) is 17.2 Å². The fourth-order valence-corrected chi connectivity index (χ4v) is 2.31. The molecule has 0 aliphatic carbocycles. The second-order valence-corrected chi connectivity index (χ2v) is 4.66. The minimum atomic E-state index is -0.287. The Morgan fingerprint density at radius 1 is 1.05 bits per heavy atom. The van der Waals surface area contributed by atoms with Gasteiger partial charge in [0.1, 0.15) is 12.0 Å². The number of ketones is 1. The Balaban J connectivity index is 1.89. The predicted octanol–water partition coefficient (Wildman–Crippen LogP) is 2.64. The Morgan fingerprint density at radius 3 is 2.68 bits per heavy atom. The minimum Gasteiger partial charge on any atom is -0.461 e. The topological polar surface area (TPSA) is 73.8 Å². The lowest BCUT2D eigenvalue weighted by Crippen LogP contribution is -2.05. The van der Waals surface area contributed by atoms with Gasteiger partial charge in [-0.2, -0.15) is 5.10 Å². The van der Waals surface area contributed by atoms with Crippen LogP contribution in [-0.2, 0) is 0 Å². The van der Waals surface area contributed by atoms with Gasteiger partial charge in [0, 0.05) is 0 Å². The quantitative estimate of drug-likeness (QED) is 0.542. The van der Waals surface area contributed by atoms with Crippen molar-refractivity contribution in [3.05, 3.63) is 72.7 Å². The van der Waals surface area contributed by atoms with Crippen LogP contribution in [0.4, 0.5) is 0 Å². The van der Waals surface area contributed by atoms with E-state index in [1.165, 1.54) is 12.6 Å². The first kappa shape index (κ1) is 12.5. The number of hydrogen-bond acceptors (Lipinski definition) is 5. The second kappa shape index (κ2) is 4.92. The molecule has 6 nitrogen and oxygen atoms in total. The monoisotopic (exact) mass is 290 g/mol. The summed E-state index contributed by atoms with van der Waals surface area (Å²) < 4.78 is 6.83. The maximum absolute atomic E-state index is 12.4. The molecule has 0 radical (unpaired) electrons. The van der Waals surface area contributed by atoms with E-state index >= 15 is 0 Å². The van der Waals surface area contributed by atoms with E-state index in [2.05, 4.69) is 15.1 Å². The lowest BCUT2D eigenvalue weighted by Gasteiger charge is -2.02. The lowest BCUT2D eigenvalue weighted by atomic mass is 10.2. The van der Waals surface area contributed by atoms with Crippen LogP contribution in [-0.4, -0.2) is 25.5 Å². The van der Waals surface area contributed by atoms with Crippen molar-refractivity contribution in [3.63, 3.8) is 0 Å². The molecule has 22 heavy (non-hydrogen) atoms. The zero-order chi connectivity index (χ0) is 14.9. The van der Waals surface area contributed by atoms with Gasteiger partial charge in [0.15, 0.2) is 11.4 Å². The summed E-state index contributed by atoms with van der Waals surface area (Å²) in [5, 5.41) is 4.91. The van der Waals surface area contributed by atoms with E-state index in [4.69, 9.17) is 4.42 Å². The van der Waals surface area contributed by atoms with Crippen LogP contribution in [0.1, 0.15) is 16.2 Å². The Hall–Kier alpha value is -3.28. The Morgan fingerprint density at radius 2 is 1.91 bits per heavy atom. The van der Waals surface area contributed by atoms with E-state index in [1.807, 2.05) is 30.3 Å². The number of nitrogens with zero attached hydrogens (tertiary/aromatic N) is 4. The molecule has 0 saturated carbocycles. The van der Waals surface area contributed by atoms with Crippen molar-refractivity contribution in [1.82, 2.24) is 19.7 Å². The number of para-hydroxylation sites is 1. The van der Waals surface area contributed by atoms with Gasteiger partial charge in [-0.3, -0.25) is 4.79 Å². The van der Waals surface area contributed by atoms with Crippen LogP contribution in [0.5, 0.6) is 0 Å². The standard InChI is InChI=1S/C16H10N4O2/c21-15(13-7-4-8-22-13)14-12-9-19-20(16(12)18-10-17-14)11-5-2-1-3-6-11/h1-10H. The molecule has 0 bridgehead atoms. The average molecular weight is 290 g/mol. The van der Waals surface area contributed by atoms with E-state index in [1.54, 1.807) is 23.0 Å². The van der Waals surface area contributed by atoms with Crippen molar-refractivity contribution in [3.8, 4) is 5.69 Å². The molecule has 0 atom stereocenters. The predicted molar refractivity (Wildman–Crippen MR) is 78.8 cm³/mol. The number of rotatable bonds is 3. The number of carbonyl (C=O) groups is 1. The molecule has 1 aromatic carbocycles. The number of aromatic nitrogens is 4. The summed E-state index contributed by atoms with van der Waals surface area (Å²) >= 11 is 0. The fourth-order valence-electron chi connectivity index (χ4n) is 2.31. The summed E-state index contributed by atoms with van der Waals surface area (Å²) in [6.45, 7) is 0. The third-order valence-corrected chi connectivity index (χ3v) is 3.33. The molecule has 0 saturated heterocycles. The maximum atomic E-state index is 12.4. The summed E-state index contributed by atoms with van der Waals surface area (Å²) in [5.41, 5.74) is 1.73. The third-order valence-electron chi connectivity index (χ3n) is 3.33. The number of carbonyl (C=O) groups excluding carboxylic acids is 1. The molecule has 3 heterocycles. The number of hydrogen-bond donors (Lipinski definition) is 0. The first-order chi connectivity index (χ1) is 10.8.